The second-order valence-electron chi connectivity index (χ2n) is 6.67. The number of amides is 2. The summed E-state index contributed by atoms with van der Waals surface area (Å²) in [6, 6.07) is 13.5. The molecule has 5 nitrogen and oxygen atoms in total. The van der Waals surface area contributed by atoms with Crippen LogP contribution in [0, 0.1) is 12.7 Å². The minimum absolute atomic E-state index is 0.0789. The van der Waals surface area contributed by atoms with Gasteiger partial charge in [-0.15, -0.1) is 0 Å². The number of benzene rings is 2. The molecule has 0 saturated carbocycles. The molecule has 0 atom stereocenters. The van der Waals surface area contributed by atoms with Gasteiger partial charge in [-0.2, -0.15) is 0 Å². The molecule has 1 aliphatic heterocycles. The minimum atomic E-state index is -0.347. The topological polar surface area (TPSA) is 49.9 Å². The van der Waals surface area contributed by atoms with Crippen molar-refractivity contribution in [3.63, 3.8) is 0 Å². The third kappa shape index (κ3) is 5.29. The van der Waals surface area contributed by atoms with Crippen LogP contribution in [-0.4, -0.2) is 54.4 Å². The standard InChI is InChI=1S/C21H23FN2O3/c1-16-3-2-4-17(13-16)14-20(25)23-9-11-24(12-10-23)21(26)15-27-19-7-5-18(22)6-8-19/h2-8,13H,9-12,14-15H2,1H3. The Morgan fingerprint density at radius 1 is 0.963 bits per heavy atom. The van der Waals surface area contributed by atoms with Gasteiger partial charge in [0.15, 0.2) is 6.61 Å². The zero-order chi connectivity index (χ0) is 19.2. The first-order valence-corrected chi connectivity index (χ1v) is 9.01. The molecule has 3 rings (SSSR count). The number of piperazine rings is 1. The lowest BCUT2D eigenvalue weighted by atomic mass is 10.1. The summed E-state index contributed by atoms with van der Waals surface area (Å²) in [5.41, 5.74) is 2.14. The van der Waals surface area contributed by atoms with E-state index in [1.54, 1.807) is 9.80 Å². The number of hydrogen-bond donors (Lipinski definition) is 0. The van der Waals surface area contributed by atoms with Crippen molar-refractivity contribution in [2.75, 3.05) is 32.8 Å². The van der Waals surface area contributed by atoms with Gasteiger partial charge in [-0.3, -0.25) is 9.59 Å². The highest BCUT2D eigenvalue weighted by Gasteiger charge is 2.24. The number of aryl methyl sites for hydroxylation is 1. The maximum absolute atomic E-state index is 12.9. The second kappa shape index (κ2) is 8.66. The molecule has 1 heterocycles. The lowest BCUT2D eigenvalue weighted by Gasteiger charge is -2.34. The Kier molecular flexibility index (Phi) is 6.06. The third-order valence-electron chi connectivity index (χ3n) is 4.60. The Labute approximate surface area is 158 Å². The molecule has 27 heavy (non-hydrogen) atoms. The van der Waals surface area contributed by atoms with Gasteiger partial charge < -0.3 is 14.5 Å². The van der Waals surface area contributed by atoms with Gasteiger partial charge in [0.05, 0.1) is 6.42 Å². The summed E-state index contributed by atoms with van der Waals surface area (Å²) < 4.78 is 18.3. The first kappa shape index (κ1) is 18.9. The minimum Gasteiger partial charge on any atom is -0.484 e. The molecule has 1 fully saturated rings. The lowest BCUT2D eigenvalue weighted by molar-refractivity contribution is -0.140. The number of hydrogen-bond acceptors (Lipinski definition) is 3. The fourth-order valence-corrected chi connectivity index (χ4v) is 3.08. The van der Waals surface area contributed by atoms with Gasteiger partial charge >= 0.3 is 0 Å². The monoisotopic (exact) mass is 370 g/mol. The van der Waals surface area contributed by atoms with Crippen molar-refractivity contribution in [1.82, 2.24) is 9.80 Å². The Balaban J connectivity index is 1.44. The van der Waals surface area contributed by atoms with E-state index in [2.05, 4.69) is 0 Å². The van der Waals surface area contributed by atoms with E-state index in [4.69, 9.17) is 4.74 Å². The first-order valence-electron chi connectivity index (χ1n) is 9.01. The lowest BCUT2D eigenvalue weighted by Crippen LogP contribution is -2.52. The van der Waals surface area contributed by atoms with Crippen LogP contribution in [0.1, 0.15) is 11.1 Å². The van der Waals surface area contributed by atoms with Crippen LogP contribution in [0.2, 0.25) is 0 Å². The van der Waals surface area contributed by atoms with Crippen LogP contribution in [0.25, 0.3) is 0 Å². The summed E-state index contributed by atoms with van der Waals surface area (Å²) in [5, 5.41) is 0. The van der Waals surface area contributed by atoms with Gasteiger partial charge in [0.2, 0.25) is 5.91 Å². The molecule has 0 aliphatic carbocycles. The molecule has 1 saturated heterocycles. The Morgan fingerprint density at radius 2 is 1.59 bits per heavy atom. The molecule has 0 bridgehead atoms. The molecule has 2 amide bonds. The number of nitrogens with zero attached hydrogens (tertiary/aromatic N) is 2. The van der Waals surface area contributed by atoms with E-state index in [1.807, 2.05) is 31.2 Å². The molecule has 0 N–H and O–H groups in total. The second-order valence-corrected chi connectivity index (χ2v) is 6.67. The summed E-state index contributed by atoms with van der Waals surface area (Å²) in [7, 11) is 0. The maximum Gasteiger partial charge on any atom is 0.260 e. The zero-order valence-electron chi connectivity index (χ0n) is 15.4. The van der Waals surface area contributed by atoms with Crippen molar-refractivity contribution in [1.29, 1.82) is 0 Å². The number of carbonyl (C=O) groups excluding carboxylic acids is 2. The molecular weight excluding hydrogens is 347 g/mol. The summed E-state index contributed by atoms with van der Waals surface area (Å²) >= 11 is 0. The summed E-state index contributed by atoms with van der Waals surface area (Å²) in [5.74, 6) is 0.0530. The molecule has 1 aliphatic rings. The predicted octanol–water partition coefficient (Wildman–Crippen LogP) is 2.43. The van der Waals surface area contributed by atoms with Crippen LogP contribution in [0.3, 0.4) is 0 Å². The summed E-state index contributed by atoms with van der Waals surface area (Å²) in [6.45, 7) is 3.94. The van der Waals surface area contributed by atoms with Gasteiger partial charge in [0, 0.05) is 26.2 Å². The van der Waals surface area contributed by atoms with Gasteiger partial charge in [-0.25, -0.2) is 4.39 Å². The Bertz CT molecular complexity index is 799. The number of rotatable bonds is 5. The van der Waals surface area contributed by atoms with E-state index >= 15 is 0 Å². The van der Waals surface area contributed by atoms with Crippen LogP contribution in [-0.2, 0) is 16.0 Å². The largest absolute Gasteiger partial charge is 0.484 e. The van der Waals surface area contributed by atoms with E-state index in [0.29, 0.717) is 38.3 Å². The maximum atomic E-state index is 12.9. The molecule has 2 aromatic rings. The molecule has 0 radical (unpaired) electrons. The van der Waals surface area contributed by atoms with Gasteiger partial charge in [0.1, 0.15) is 11.6 Å². The van der Waals surface area contributed by atoms with E-state index < -0.39 is 0 Å². The van der Waals surface area contributed by atoms with Crippen LogP contribution in [0.4, 0.5) is 4.39 Å². The van der Waals surface area contributed by atoms with Crippen molar-refractivity contribution in [2.24, 2.45) is 0 Å². The molecule has 6 heteroatoms. The average Bonchev–Trinajstić information content (AvgIpc) is 2.67. The van der Waals surface area contributed by atoms with E-state index in [0.717, 1.165) is 11.1 Å². The van der Waals surface area contributed by atoms with E-state index in [1.165, 1.54) is 24.3 Å². The third-order valence-corrected chi connectivity index (χ3v) is 4.60. The number of halogens is 1. The molecule has 0 spiro atoms. The highest BCUT2D eigenvalue weighted by Crippen LogP contribution is 2.12. The smallest absolute Gasteiger partial charge is 0.260 e. The van der Waals surface area contributed by atoms with Crippen molar-refractivity contribution >= 4 is 11.8 Å². The normalized spacial score (nSPS) is 14.1. The predicted molar refractivity (Wildman–Crippen MR) is 99.9 cm³/mol. The van der Waals surface area contributed by atoms with Gasteiger partial charge in [-0.05, 0) is 36.8 Å². The van der Waals surface area contributed by atoms with Crippen molar-refractivity contribution in [3.05, 3.63) is 65.5 Å². The fourth-order valence-electron chi connectivity index (χ4n) is 3.08. The molecular formula is C21H23FN2O3. The SMILES string of the molecule is Cc1cccc(CC(=O)N2CCN(C(=O)COc3ccc(F)cc3)CC2)c1. The quantitative estimate of drug-likeness (QED) is 0.812. The summed E-state index contributed by atoms with van der Waals surface area (Å²) in [6.07, 6.45) is 0.378. The number of carbonyl (C=O) groups is 2. The highest BCUT2D eigenvalue weighted by molar-refractivity contribution is 5.80. The molecule has 0 aromatic heterocycles. The molecule has 142 valence electrons. The fraction of sp³-hybridized carbons (Fsp3) is 0.333. The van der Waals surface area contributed by atoms with Gasteiger partial charge in [-0.1, -0.05) is 29.8 Å². The van der Waals surface area contributed by atoms with Crippen LogP contribution in [0.15, 0.2) is 48.5 Å². The Hall–Kier alpha value is -2.89. The Morgan fingerprint density at radius 3 is 2.22 bits per heavy atom. The average molecular weight is 370 g/mol. The highest BCUT2D eigenvalue weighted by atomic mass is 19.1. The van der Waals surface area contributed by atoms with Gasteiger partial charge in [0.25, 0.3) is 5.91 Å². The zero-order valence-corrected chi connectivity index (χ0v) is 15.4. The molecule has 0 unspecified atom stereocenters. The molecule has 2 aromatic carbocycles. The summed E-state index contributed by atoms with van der Waals surface area (Å²) in [4.78, 5) is 28.2. The first-order chi connectivity index (χ1) is 13.0. The van der Waals surface area contributed by atoms with E-state index in [9.17, 15) is 14.0 Å². The number of ether oxygens (including phenoxy) is 1. The van der Waals surface area contributed by atoms with Crippen LogP contribution in [0.5, 0.6) is 5.75 Å². The van der Waals surface area contributed by atoms with Crippen molar-refractivity contribution in [2.45, 2.75) is 13.3 Å². The van der Waals surface area contributed by atoms with E-state index in [-0.39, 0.29) is 24.2 Å². The van der Waals surface area contributed by atoms with Crippen molar-refractivity contribution < 1.29 is 18.7 Å². The van der Waals surface area contributed by atoms with Crippen molar-refractivity contribution in [3.8, 4) is 5.75 Å². The van der Waals surface area contributed by atoms with Crippen LogP contribution < -0.4 is 4.74 Å². The van der Waals surface area contributed by atoms with Crippen LogP contribution >= 0.6 is 0 Å².